The summed E-state index contributed by atoms with van der Waals surface area (Å²) in [4.78, 5) is 23.4. The van der Waals surface area contributed by atoms with E-state index in [1.165, 1.54) is 17.1 Å². The maximum absolute atomic E-state index is 11.2. The van der Waals surface area contributed by atoms with Gasteiger partial charge in [-0.15, -0.1) is 0 Å². The molecular weight excluding hydrogens is 226 g/mol. The van der Waals surface area contributed by atoms with Gasteiger partial charge < -0.3 is 14.6 Å². The smallest absolute Gasteiger partial charge is 0.407 e. The predicted molar refractivity (Wildman–Crippen MR) is 59.7 cm³/mol. The number of rotatable bonds is 3. The van der Waals surface area contributed by atoms with E-state index in [1.807, 2.05) is 0 Å². The highest BCUT2D eigenvalue weighted by atomic mass is 16.5. The summed E-state index contributed by atoms with van der Waals surface area (Å²) in [5.74, 6) is -0.476. The quantitative estimate of drug-likeness (QED) is 0.588. The minimum absolute atomic E-state index is 0.273. The average Bonchev–Trinajstić information content (AvgIpc) is 2.27. The maximum Gasteiger partial charge on any atom is 0.407 e. The number of carbonyl (C=O) groups excluding carboxylic acids is 1. The molecule has 1 N–H and O–H groups in total. The zero-order chi connectivity index (χ0) is 12.8. The summed E-state index contributed by atoms with van der Waals surface area (Å²) in [5, 5.41) is 9.02. The van der Waals surface area contributed by atoms with E-state index in [-0.39, 0.29) is 6.10 Å². The fourth-order valence-corrected chi connectivity index (χ4v) is 1.69. The molecule has 0 aromatic heterocycles. The fraction of sp³-hybridized carbons (Fsp3) is 0.636. The van der Waals surface area contributed by atoms with Crippen LogP contribution in [0.3, 0.4) is 0 Å². The lowest BCUT2D eigenvalue weighted by Crippen LogP contribution is -2.51. The molecule has 0 aromatic rings. The van der Waals surface area contributed by atoms with Gasteiger partial charge in [0, 0.05) is 12.6 Å². The number of carbonyl (C=O) groups is 2. The predicted octanol–water partition coefficient (Wildman–Crippen LogP) is 0.873. The molecule has 2 unspecified atom stereocenters. The molecule has 6 heteroatoms. The van der Waals surface area contributed by atoms with E-state index < -0.39 is 18.1 Å². The molecule has 96 valence electrons. The molecule has 0 aliphatic carbocycles. The first kappa shape index (κ1) is 13.5. The summed E-state index contributed by atoms with van der Waals surface area (Å²) < 4.78 is 10.1. The first-order chi connectivity index (χ1) is 8.06. The number of hydrogen-bond donors (Lipinski definition) is 1. The third kappa shape index (κ3) is 3.74. The van der Waals surface area contributed by atoms with Gasteiger partial charge in [-0.3, -0.25) is 4.90 Å². The van der Waals surface area contributed by atoms with E-state index in [4.69, 9.17) is 14.6 Å². The molecule has 1 aliphatic rings. The minimum atomic E-state index is -1.02. The Kier molecular flexibility index (Phi) is 4.96. The third-order valence-electron chi connectivity index (χ3n) is 2.52. The van der Waals surface area contributed by atoms with Crippen molar-refractivity contribution in [1.29, 1.82) is 0 Å². The van der Waals surface area contributed by atoms with Crippen molar-refractivity contribution in [2.45, 2.75) is 26.0 Å². The summed E-state index contributed by atoms with van der Waals surface area (Å²) in [6.07, 6.45) is 1.47. The van der Waals surface area contributed by atoms with Crippen LogP contribution >= 0.6 is 0 Å². The van der Waals surface area contributed by atoms with E-state index in [0.29, 0.717) is 19.8 Å². The summed E-state index contributed by atoms with van der Waals surface area (Å²) in [6.45, 7) is 4.45. The Morgan fingerprint density at radius 3 is 2.88 bits per heavy atom. The first-order valence-electron chi connectivity index (χ1n) is 5.52. The Balaban J connectivity index is 2.69. The highest BCUT2D eigenvalue weighted by Gasteiger charge is 2.30. The van der Waals surface area contributed by atoms with Gasteiger partial charge in [-0.2, -0.15) is 0 Å². The lowest BCUT2D eigenvalue weighted by molar-refractivity contribution is -0.137. The zero-order valence-corrected chi connectivity index (χ0v) is 9.96. The number of nitrogens with zero attached hydrogens (tertiary/aromatic N) is 1. The SMILES string of the molecule is CCOC(=O)C=CC1C(C)OCCN1C(=O)O. The second-order valence-corrected chi connectivity index (χ2v) is 3.65. The molecule has 0 radical (unpaired) electrons. The molecule has 0 saturated carbocycles. The number of amides is 1. The van der Waals surface area contributed by atoms with Crippen LogP contribution < -0.4 is 0 Å². The number of carboxylic acid groups (broad SMARTS) is 1. The summed E-state index contributed by atoms with van der Waals surface area (Å²) in [6, 6.07) is -0.453. The third-order valence-corrected chi connectivity index (χ3v) is 2.52. The monoisotopic (exact) mass is 243 g/mol. The average molecular weight is 243 g/mol. The van der Waals surface area contributed by atoms with Crippen molar-refractivity contribution < 1.29 is 24.2 Å². The Bertz CT molecular complexity index is 315. The van der Waals surface area contributed by atoms with Crippen LogP contribution in [0, 0.1) is 0 Å². The highest BCUT2D eigenvalue weighted by molar-refractivity contribution is 5.82. The van der Waals surface area contributed by atoms with Crippen molar-refractivity contribution in [1.82, 2.24) is 4.90 Å². The van der Waals surface area contributed by atoms with E-state index in [0.717, 1.165) is 0 Å². The van der Waals surface area contributed by atoms with Crippen LogP contribution in [-0.2, 0) is 14.3 Å². The molecule has 2 atom stereocenters. The van der Waals surface area contributed by atoms with Gasteiger partial charge in [0.15, 0.2) is 0 Å². The van der Waals surface area contributed by atoms with Gasteiger partial charge >= 0.3 is 12.1 Å². The van der Waals surface area contributed by atoms with Crippen LogP contribution in [0.1, 0.15) is 13.8 Å². The standard InChI is InChI=1S/C11H17NO5/c1-3-16-10(13)5-4-9-8(2)17-7-6-12(9)11(14)15/h4-5,8-9H,3,6-7H2,1-2H3,(H,14,15). The molecule has 17 heavy (non-hydrogen) atoms. The van der Waals surface area contributed by atoms with Crippen LogP contribution in [0.15, 0.2) is 12.2 Å². The number of esters is 1. The van der Waals surface area contributed by atoms with E-state index >= 15 is 0 Å². The van der Waals surface area contributed by atoms with Crippen molar-refractivity contribution >= 4 is 12.1 Å². The topological polar surface area (TPSA) is 76.1 Å². The van der Waals surface area contributed by atoms with Gasteiger partial charge in [-0.25, -0.2) is 9.59 Å². The zero-order valence-electron chi connectivity index (χ0n) is 9.96. The number of morpholine rings is 1. The van der Waals surface area contributed by atoms with Gasteiger partial charge in [-0.1, -0.05) is 6.08 Å². The maximum atomic E-state index is 11.2. The van der Waals surface area contributed by atoms with Crippen molar-refractivity contribution in [3.8, 4) is 0 Å². The molecule has 6 nitrogen and oxygen atoms in total. The van der Waals surface area contributed by atoms with Gasteiger partial charge in [-0.05, 0) is 13.8 Å². The van der Waals surface area contributed by atoms with Crippen molar-refractivity contribution in [3.63, 3.8) is 0 Å². The molecule has 1 aliphatic heterocycles. The van der Waals surface area contributed by atoms with Crippen LogP contribution in [0.25, 0.3) is 0 Å². The van der Waals surface area contributed by atoms with Gasteiger partial charge in [0.2, 0.25) is 0 Å². The van der Waals surface area contributed by atoms with Crippen LogP contribution in [0.4, 0.5) is 4.79 Å². The van der Waals surface area contributed by atoms with Crippen LogP contribution in [0.2, 0.25) is 0 Å². The molecule has 1 rings (SSSR count). The molecule has 1 saturated heterocycles. The minimum Gasteiger partial charge on any atom is -0.465 e. The normalized spacial score (nSPS) is 24.9. The largest absolute Gasteiger partial charge is 0.465 e. The molecule has 0 bridgehead atoms. The van der Waals surface area contributed by atoms with E-state index in [2.05, 4.69) is 0 Å². The van der Waals surface area contributed by atoms with Gasteiger partial charge in [0.05, 0.1) is 25.4 Å². The fourth-order valence-electron chi connectivity index (χ4n) is 1.69. The number of hydrogen-bond acceptors (Lipinski definition) is 4. The second kappa shape index (κ2) is 6.24. The number of ether oxygens (including phenoxy) is 2. The summed E-state index contributed by atoms with van der Waals surface area (Å²) in [7, 11) is 0. The lowest BCUT2D eigenvalue weighted by Gasteiger charge is -2.36. The van der Waals surface area contributed by atoms with Crippen molar-refractivity contribution in [3.05, 3.63) is 12.2 Å². The lowest BCUT2D eigenvalue weighted by atomic mass is 10.1. The van der Waals surface area contributed by atoms with Crippen molar-refractivity contribution in [2.24, 2.45) is 0 Å². The van der Waals surface area contributed by atoms with E-state index in [9.17, 15) is 9.59 Å². The summed E-state index contributed by atoms with van der Waals surface area (Å²) in [5.41, 5.74) is 0. The molecule has 0 aromatic carbocycles. The second-order valence-electron chi connectivity index (χ2n) is 3.65. The molecule has 1 amide bonds. The Morgan fingerprint density at radius 2 is 2.29 bits per heavy atom. The summed E-state index contributed by atoms with van der Waals surface area (Å²) >= 11 is 0. The molecular formula is C11H17NO5. The Hall–Kier alpha value is -1.56. The first-order valence-corrected chi connectivity index (χ1v) is 5.52. The Labute approximate surface area is 99.8 Å². The molecule has 0 spiro atoms. The molecule has 1 heterocycles. The van der Waals surface area contributed by atoms with Crippen LogP contribution in [-0.4, -0.2) is 54.0 Å². The van der Waals surface area contributed by atoms with Gasteiger partial charge in [0.1, 0.15) is 0 Å². The Morgan fingerprint density at radius 1 is 1.59 bits per heavy atom. The highest BCUT2D eigenvalue weighted by Crippen LogP contribution is 2.15. The van der Waals surface area contributed by atoms with E-state index in [1.54, 1.807) is 13.8 Å². The van der Waals surface area contributed by atoms with Crippen LogP contribution in [0.5, 0.6) is 0 Å². The van der Waals surface area contributed by atoms with Crippen molar-refractivity contribution in [2.75, 3.05) is 19.8 Å². The van der Waals surface area contributed by atoms with Gasteiger partial charge in [0.25, 0.3) is 0 Å². The molecule has 1 fully saturated rings.